The van der Waals surface area contributed by atoms with E-state index in [0.717, 1.165) is 0 Å². The molecule has 0 aliphatic rings. The molecule has 1 aromatic carbocycles. The summed E-state index contributed by atoms with van der Waals surface area (Å²) in [6.07, 6.45) is 0.200. The first-order valence-electron chi connectivity index (χ1n) is 5.89. The largest absolute Gasteiger partial charge is 0.378 e. The third kappa shape index (κ3) is 5.25. The Morgan fingerprint density at radius 1 is 1.44 bits per heavy atom. The topological polar surface area (TPSA) is 55.6 Å². The van der Waals surface area contributed by atoms with Crippen LogP contribution in [0.5, 0.6) is 0 Å². The molecule has 0 aromatic heterocycles. The van der Waals surface area contributed by atoms with E-state index in [-0.39, 0.29) is 18.1 Å². The van der Waals surface area contributed by atoms with Crippen molar-refractivity contribution in [1.29, 1.82) is 0 Å². The summed E-state index contributed by atoms with van der Waals surface area (Å²) in [5.74, 6) is -0.383. The van der Waals surface area contributed by atoms with Crippen molar-refractivity contribution in [2.24, 2.45) is 5.73 Å². The first kappa shape index (κ1) is 14.6. The van der Waals surface area contributed by atoms with Gasteiger partial charge in [0, 0.05) is 20.1 Å². The number of carbonyl (C=O) groups is 1. The van der Waals surface area contributed by atoms with Gasteiger partial charge in [-0.05, 0) is 17.7 Å². The van der Waals surface area contributed by atoms with Crippen LogP contribution < -0.4 is 5.73 Å². The Morgan fingerprint density at radius 2 is 2.22 bits per heavy atom. The van der Waals surface area contributed by atoms with E-state index in [9.17, 15) is 9.18 Å². The van der Waals surface area contributed by atoms with Gasteiger partial charge in [-0.3, -0.25) is 4.79 Å². The van der Waals surface area contributed by atoms with E-state index in [1.165, 1.54) is 12.1 Å². The van der Waals surface area contributed by atoms with E-state index in [1.807, 2.05) is 0 Å². The van der Waals surface area contributed by atoms with Crippen LogP contribution in [0.1, 0.15) is 5.56 Å². The number of hydrogen-bond donors (Lipinski definition) is 1. The minimum absolute atomic E-state index is 0.0584. The number of amides is 1. The van der Waals surface area contributed by atoms with Gasteiger partial charge in [0.25, 0.3) is 0 Å². The lowest BCUT2D eigenvalue weighted by molar-refractivity contribution is -0.129. The van der Waals surface area contributed by atoms with Crippen molar-refractivity contribution in [3.05, 3.63) is 35.6 Å². The highest BCUT2D eigenvalue weighted by atomic mass is 19.1. The number of hydrogen-bond acceptors (Lipinski definition) is 3. The molecular formula is C13H19FN2O2. The molecule has 4 nitrogen and oxygen atoms in total. The lowest BCUT2D eigenvalue weighted by atomic mass is 10.1. The van der Waals surface area contributed by atoms with Crippen LogP contribution >= 0.6 is 0 Å². The summed E-state index contributed by atoms with van der Waals surface area (Å²) in [7, 11) is 1.70. The van der Waals surface area contributed by atoms with Crippen LogP contribution in [-0.2, 0) is 16.0 Å². The van der Waals surface area contributed by atoms with Gasteiger partial charge in [0.15, 0.2) is 0 Å². The molecule has 0 unspecified atom stereocenters. The summed E-state index contributed by atoms with van der Waals surface area (Å²) in [5, 5.41) is 0. The normalized spacial score (nSPS) is 10.4. The summed E-state index contributed by atoms with van der Waals surface area (Å²) in [6, 6.07) is 6.07. The third-order valence-electron chi connectivity index (χ3n) is 2.50. The van der Waals surface area contributed by atoms with E-state index < -0.39 is 0 Å². The Bertz CT molecular complexity index is 385. The molecule has 18 heavy (non-hydrogen) atoms. The lowest BCUT2D eigenvalue weighted by Gasteiger charge is -2.17. The molecule has 0 spiro atoms. The number of rotatable bonds is 7. The Kier molecular flexibility index (Phi) is 6.32. The molecule has 1 amide bonds. The second-order valence-electron chi connectivity index (χ2n) is 4.02. The van der Waals surface area contributed by atoms with E-state index in [1.54, 1.807) is 24.1 Å². The average Bonchev–Trinajstić information content (AvgIpc) is 2.34. The number of nitrogens with two attached hydrogens (primary N) is 1. The third-order valence-corrected chi connectivity index (χ3v) is 2.50. The minimum atomic E-state index is -0.325. The molecule has 5 heteroatoms. The molecule has 0 saturated heterocycles. The second kappa shape index (κ2) is 7.79. The molecular weight excluding hydrogens is 235 g/mol. The summed E-state index contributed by atoms with van der Waals surface area (Å²) in [6.45, 7) is 1.93. The van der Waals surface area contributed by atoms with Crippen molar-refractivity contribution in [1.82, 2.24) is 4.90 Å². The fourth-order valence-corrected chi connectivity index (χ4v) is 1.47. The highest BCUT2D eigenvalue weighted by Gasteiger charge is 2.09. The fraction of sp³-hybridized carbons (Fsp3) is 0.462. The lowest BCUT2D eigenvalue weighted by Crippen LogP contribution is -2.31. The Morgan fingerprint density at radius 3 is 2.89 bits per heavy atom. The predicted octanol–water partition coefficient (Wildman–Crippen LogP) is 0.802. The van der Waals surface area contributed by atoms with E-state index >= 15 is 0 Å². The van der Waals surface area contributed by atoms with Gasteiger partial charge in [-0.2, -0.15) is 0 Å². The highest BCUT2D eigenvalue weighted by molar-refractivity contribution is 5.78. The van der Waals surface area contributed by atoms with Crippen LogP contribution in [0.15, 0.2) is 24.3 Å². The minimum Gasteiger partial charge on any atom is -0.378 e. The SMILES string of the molecule is CN(CCOCCN)C(=O)Cc1cccc(F)c1. The van der Waals surface area contributed by atoms with E-state index in [0.29, 0.717) is 31.9 Å². The molecule has 2 N–H and O–H groups in total. The zero-order valence-electron chi connectivity index (χ0n) is 10.6. The summed E-state index contributed by atoms with van der Waals surface area (Å²) < 4.78 is 18.1. The molecule has 0 radical (unpaired) electrons. The van der Waals surface area contributed by atoms with E-state index in [4.69, 9.17) is 10.5 Å². The van der Waals surface area contributed by atoms with Crippen molar-refractivity contribution >= 4 is 5.91 Å². The van der Waals surface area contributed by atoms with Gasteiger partial charge in [-0.15, -0.1) is 0 Å². The van der Waals surface area contributed by atoms with Gasteiger partial charge in [-0.25, -0.2) is 4.39 Å². The zero-order valence-corrected chi connectivity index (χ0v) is 10.6. The Balaban J connectivity index is 2.35. The number of ether oxygens (including phenoxy) is 1. The van der Waals surface area contributed by atoms with Crippen LogP contribution in [0.3, 0.4) is 0 Å². The van der Waals surface area contributed by atoms with Crippen LogP contribution in [-0.4, -0.2) is 44.2 Å². The molecule has 1 aromatic rings. The number of nitrogens with zero attached hydrogens (tertiary/aromatic N) is 1. The van der Waals surface area contributed by atoms with Crippen molar-refractivity contribution in [3.8, 4) is 0 Å². The first-order valence-corrected chi connectivity index (χ1v) is 5.89. The van der Waals surface area contributed by atoms with Crippen molar-refractivity contribution in [2.75, 3.05) is 33.4 Å². The molecule has 0 aliphatic carbocycles. The monoisotopic (exact) mass is 254 g/mol. The van der Waals surface area contributed by atoms with Crippen molar-refractivity contribution in [3.63, 3.8) is 0 Å². The fourth-order valence-electron chi connectivity index (χ4n) is 1.47. The van der Waals surface area contributed by atoms with Crippen LogP contribution in [0.25, 0.3) is 0 Å². The van der Waals surface area contributed by atoms with Gasteiger partial charge < -0.3 is 15.4 Å². The Hall–Kier alpha value is -1.46. The molecule has 0 saturated carbocycles. The Labute approximate surface area is 107 Å². The maximum absolute atomic E-state index is 12.9. The average molecular weight is 254 g/mol. The quantitative estimate of drug-likeness (QED) is 0.732. The summed E-state index contributed by atoms with van der Waals surface area (Å²) in [4.78, 5) is 13.4. The number of benzene rings is 1. The number of likely N-dealkylation sites (N-methyl/N-ethyl adjacent to an activating group) is 1. The highest BCUT2D eigenvalue weighted by Crippen LogP contribution is 2.05. The van der Waals surface area contributed by atoms with Gasteiger partial charge >= 0.3 is 0 Å². The van der Waals surface area contributed by atoms with Crippen LogP contribution in [0.4, 0.5) is 4.39 Å². The standard InChI is InChI=1S/C13H19FN2O2/c1-16(6-8-18-7-5-15)13(17)10-11-3-2-4-12(14)9-11/h2-4,9H,5-8,10,15H2,1H3. The first-order chi connectivity index (χ1) is 8.63. The summed E-state index contributed by atoms with van der Waals surface area (Å²) in [5.41, 5.74) is 5.96. The van der Waals surface area contributed by atoms with Crippen LogP contribution in [0, 0.1) is 5.82 Å². The zero-order chi connectivity index (χ0) is 13.4. The van der Waals surface area contributed by atoms with Gasteiger partial charge in [0.05, 0.1) is 19.6 Å². The molecule has 1 rings (SSSR count). The van der Waals surface area contributed by atoms with E-state index in [2.05, 4.69) is 0 Å². The van der Waals surface area contributed by atoms with Crippen LogP contribution in [0.2, 0.25) is 0 Å². The maximum Gasteiger partial charge on any atom is 0.226 e. The maximum atomic E-state index is 12.9. The smallest absolute Gasteiger partial charge is 0.226 e. The van der Waals surface area contributed by atoms with Crippen molar-refractivity contribution in [2.45, 2.75) is 6.42 Å². The van der Waals surface area contributed by atoms with Crippen molar-refractivity contribution < 1.29 is 13.9 Å². The molecule has 0 aliphatic heterocycles. The molecule has 0 atom stereocenters. The number of carbonyl (C=O) groups excluding carboxylic acids is 1. The molecule has 0 bridgehead atoms. The van der Waals surface area contributed by atoms with Gasteiger partial charge in [-0.1, -0.05) is 12.1 Å². The van der Waals surface area contributed by atoms with Gasteiger partial charge in [0.1, 0.15) is 5.82 Å². The number of halogens is 1. The molecule has 0 heterocycles. The molecule has 100 valence electrons. The van der Waals surface area contributed by atoms with Gasteiger partial charge in [0.2, 0.25) is 5.91 Å². The predicted molar refractivity (Wildman–Crippen MR) is 67.6 cm³/mol. The molecule has 0 fully saturated rings. The second-order valence-corrected chi connectivity index (χ2v) is 4.02. The summed E-state index contributed by atoms with van der Waals surface area (Å²) >= 11 is 0.